The second kappa shape index (κ2) is 14.4. The molecule has 2 amide bonds. The normalized spacial score (nSPS) is 17.3. The number of alkyl carbamates (subject to hydrolysis) is 1. The summed E-state index contributed by atoms with van der Waals surface area (Å²) in [7, 11) is 0. The van der Waals surface area contributed by atoms with Crippen molar-refractivity contribution in [3.8, 4) is 11.1 Å². The van der Waals surface area contributed by atoms with Crippen molar-refractivity contribution in [3.63, 3.8) is 0 Å². The van der Waals surface area contributed by atoms with E-state index in [0.29, 0.717) is 4.57 Å². The maximum atomic E-state index is 14.2. The van der Waals surface area contributed by atoms with Crippen LogP contribution in [0, 0.1) is 6.92 Å². The fraction of sp³-hybridized carbons (Fsp3) is 0.333. The zero-order chi connectivity index (χ0) is 37.3. The van der Waals surface area contributed by atoms with Gasteiger partial charge < -0.3 is 24.8 Å². The van der Waals surface area contributed by atoms with Gasteiger partial charge in [0.05, 0.1) is 18.2 Å². The highest BCUT2D eigenvalue weighted by atomic mass is 16.5. The summed E-state index contributed by atoms with van der Waals surface area (Å²) in [6, 6.07) is 19.9. The first-order valence-corrected chi connectivity index (χ1v) is 17.0. The van der Waals surface area contributed by atoms with Crippen molar-refractivity contribution in [2.24, 2.45) is 0 Å². The number of likely N-dealkylation sites (tertiary alicyclic amines) is 1. The minimum atomic E-state index is -1.39. The molecule has 270 valence electrons. The lowest BCUT2D eigenvalue weighted by Crippen LogP contribution is -2.54. The van der Waals surface area contributed by atoms with Gasteiger partial charge in [0.1, 0.15) is 18.7 Å². The monoisotopic (exact) mass is 708 g/mol. The van der Waals surface area contributed by atoms with Crippen molar-refractivity contribution in [3.05, 3.63) is 128 Å². The second-order valence-corrected chi connectivity index (χ2v) is 14.0. The molecule has 1 aromatic heterocycles. The van der Waals surface area contributed by atoms with Gasteiger partial charge in [0, 0.05) is 36.2 Å². The van der Waals surface area contributed by atoms with Crippen molar-refractivity contribution in [1.82, 2.24) is 19.4 Å². The molecule has 2 N–H and O–H groups in total. The number of carboxylic acids is 1. The number of amides is 2. The lowest BCUT2D eigenvalue weighted by Gasteiger charge is -2.29. The smallest absolute Gasteiger partial charge is 0.407 e. The van der Waals surface area contributed by atoms with Crippen LogP contribution in [0.25, 0.3) is 11.1 Å². The van der Waals surface area contributed by atoms with Crippen LogP contribution in [0.5, 0.6) is 0 Å². The molecule has 0 unspecified atom stereocenters. The molecule has 4 aromatic rings. The minimum Gasteiger partial charge on any atom is -0.480 e. The molecule has 0 bridgehead atoms. The Hall–Kier alpha value is -5.82. The number of carboxylic acid groups (broad SMARTS) is 1. The molecule has 6 rings (SSSR count). The van der Waals surface area contributed by atoms with E-state index in [-0.39, 0.29) is 43.2 Å². The first-order chi connectivity index (χ1) is 24.7. The molecular weight excluding hydrogens is 668 g/mol. The standard InChI is InChI=1S/C39H40N4O9/c1-23-19-41(38(50)43(33(23)44)34(45)24-12-6-5-7-13-24)25-18-32(36(47)48)42(20-25)35(46)31(22-52-39(2,3)4)40-37(49)51-21-30-28-16-10-8-14-26(28)27-15-9-11-17-29(27)30/h5-17,19,25,30-32H,18,20-22H2,1-4H3,(H,40,49)(H,47,48)/t25-,31+,32-/m1/s1. The zero-order valence-corrected chi connectivity index (χ0v) is 29.3. The van der Waals surface area contributed by atoms with E-state index in [1.54, 1.807) is 39.0 Å². The highest BCUT2D eigenvalue weighted by Crippen LogP contribution is 2.44. The summed E-state index contributed by atoms with van der Waals surface area (Å²) in [5, 5.41) is 12.8. The van der Waals surface area contributed by atoms with Gasteiger partial charge in [-0.25, -0.2) is 14.4 Å². The summed E-state index contributed by atoms with van der Waals surface area (Å²) in [5.74, 6) is -3.15. The van der Waals surface area contributed by atoms with Crippen LogP contribution in [0.3, 0.4) is 0 Å². The topological polar surface area (TPSA) is 166 Å². The van der Waals surface area contributed by atoms with E-state index in [1.807, 2.05) is 48.5 Å². The van der Waals surface area contributed by atoms with Gasteiger partial charge in [-0.05, 0) is 62.1 Å². The number of benzene rings is 3. The van der Waals surface area contributed by atoms with Gasteiger partial charge in [0.15, 0.2) is 0 Å². The maximum absolute atomic E-state index is 14.2. The van der Waals surface area contributed by atoms with E-state index in [4.69, 9.17) is 9.47 Å². The fourth-order valence-corrected chi connectivity index (χ4v) is 6.83. The number of aliphatic carboxylic acids is 1. The SMILES string of the molecule is Cc1cn([C@@H]2C[C@H](C(=O)O)N(C(=O)[C@H](COC(C)(C)C)NC(=O)OCC3c4ccccc4-c4ccccc43)C2)c(=O)n(C(=O)c2ccccc2)c1=O. The van der Waals surface area contributed by atoms with Gasteiger partial charge in [-0.1, -0.05) is 66.7 Å². The van der Waals surface area contributed by atoms with Crippen LogP contribution in [0.2, 0.25) is 0 Å². The molecule has 3 atom stereocenters. The van der Waals surface area contributed by atoms with Crippen molar-refractivity contribution in [2.45, 2.75) is 63.8 Å². The van der Waals surface area contributed by atoms with Gasteiger partial charge in [0.25, 0.3) is 11.5 Å². The van der Waals surface area contributed by atoms with Crippen LogP contribution in [-0.2, 0) is 19.1 Å². The average Bonchev–Trinajstić information content (AvgIpc) is 3.71. The number of aryl methyl sites for hydroxylation is 1. The van der Waals surface area contributed by atoms with Gasteiger partial charge in [-0.15, -0.1) is 0 Å². The Morgan fingerprint density at radius 2 is 1.50 bits per heavy atom. The van der Waals surface area contributed by atoms with Crippen molar-refractivity contribution >= 4 is 23.9 Å². The largest absolute Gasteiger partial charge is 0.480 e. The molecule has 13 nitrogen and oxygen atoms in total. The Kier molecular flexibility index (Phi) is 9.99. The molecule has 2 heterocycles. The van der Waals surface area contributed by atoms with Crippen LogP contribution < -0.4 is 16.6 Å². The molecule has 1 saturated heterocycles. The number of nitrogens with zero attached hydrogens (tertiary/aromatic N) is 3. The van der Waals surface area contributed by atoms with Crippen LogP contribution in [0.4, 0.5) is 4.79 Å². The Morgan fingerprint density at radius 1 is 0.904 bits per heavy atom. The molecule has 0 saturated carbocycles. The van der Waals surface area contributed by atoms with E-state index in [2.05, 4.69) is 5.32 Å². The van der Waals surface area contributed by atoms with Crippen LogP contribution >= 0.6 is 0 Å². The van der Waals surface area contributed by atoms with E-state index in [0.717, 1.165) is 31.7 Å². The van der Waals surface area contributed by atoms with Gasteiger partial charge >= 0.3 is 17.8 Å². The number of fused-ring (bicyclic) bond motifs is 3. The summed E-state index contributed by atoms with van der Waals surface area (Å²) < 4.78 is 13.2. The Balaban J connectivity index is 1.24. The first-order valence-electron chi connectivity index (χ1n) is 17.0. The molecule has 1 aliphatic heterocycles. The Bertz CT molecular complexity index is 2110. The Morgan fingerprint density at radius 3 is 2.10 bits per heavy atom. The summed E-state index contributed by atoms with van der Waals surface area (Å²) in [4.78, 5) is 81.1. The lowest BCUT2D eigenvalue weighted by molar-refractivity contribution is -0.150. The average molecular weight is 709 g/mol. The predicted molar refractivity (Wildman–Crippen MR) is 190 cm³/mol. The number of carbonyl (C=O) groups excluding carboxylic acids is 3. The third kappa shape index (κ3) is 7.17. The number of nitrogens with one attached hydrogen (secondary N) is 1. The molecule has 0 radical (unpaired) electrons. The second-order valence-electron chi connectivity index (χ2n) is 14.0. The van der Waals surface area contributed by atoms with Gasteiger partial charge in [-0.2, -0.15) is 4.57 Å². The molecule has 52 heavy (non-hydrogen) atoms. The van der Waals surface area contributed by atoms with Gasteiger partial charge in [-0.3, -0.25) is 19.0 Å². The van der Waals surface area contributed by atoms with E-state index < -0.39 is 58.9 Å². The maximum Gasteiger partial charge on any atom is 0.407 e. The number of hydrogen-bond donors (Lipinski definition) is 2. The van der Waals surface area contributed by atoms with E-state index >= 15 is 0 Å². The summed E-state index contributed by atoms with van der Waals surface area (Å²) in [6.07, 6.45) is 0.181. The van der Waals surface area contributed by atoms with Crippen LogP contribution in [0.1, 0.15) is 66.2 Å². The lowest BCUT2D eigenvalue weighted by atomic mass is 9.98. The molecule has 1 aliphatic carbocycles. The highest BCUT2D eigenvalue weighted by molar-refractivity contribution is 5.95. The fourth-order valence-electron chi connectivity index (χ4n) is 6.83. The van der Waals surface area contributed by atoms with Crippen molar-refractivity contribution in [1.29, 1.82) is 0 Å². The third-order valence-corrected chi connectivity index (χ3v) is 9.37. The molecule has 1 fully saturated rings. The summed E-state index contributed by atoms with van der Waals surface area (Å²) in [5.41, 5.74) is 1.84. The number of aromatic nitrogens is 2. The van der Waals surface area contributed by atoms with Crippen LogP contribution in [-0.4, -0.2) is 80.5 Å². The van der Waals surface area contributed by atoms with Crippen LogP contribution in [0.15, 0.2) is 94.6 Å². The van der Waals surface area contributed by atoms with Crippen molar-refractivity contribution < 1.29 is 33.8 Å². The number of ether oxygens (including phenoxy) is 2. The minimum absolute atomic E-state index is 0.00980. The first kappa shape index (κ1) is 36.0. The molecule has 3 aromatic carbocycles. The predicted octanol–water partition coefficient (Wildman–Crippen LogP) is 3.96. The van der Waals surface area contributed by atoms with Crippen molar-refractivity contribution in [2.75, 3.05) is 19.8 Å². The quantitative estimate of drug-likeness (QED) is 0.262. The number of carbonyl (C=O) groups is 4. The number of hydrogen-bond acceptors (Lipinski definition) is 8. The highest BCUT2D eigenvalue weighted by Gasteiger charge is 2.44. The molecule has 0 spiro atoms. The molecular formula is C39H40N4O9. The van der Waals surface area contributed by atoms with E-state index in [1.165, 1.54) is 25.3 Å². The van der Waals surface area contributed by atoms with Gasteiger partial charge in [0.2, 0.25) is 5.91 Å². The third-order valence-electron chi connectivity index (χ3n) is 9.37. The molecule has 2 aliphatic rings. The summed E-state index contributed by atoms with van der Waals surface area (Å²) in [6.45, 7) is 6.19. The number of rotatable bonds is 9. The summed E-state index contributed by atoms with van der Waals surface area (Å²) >= 11 is 0. The molecule has 13 heteroatoms. The zero-order valence-electron chi connectivity index (χ0n) is 29.3. The van der Waals surface area contributed by atoms with E-state index in [9.17, 15) is 33.9 Å². The Labute approximate surface area is 299 Å².